The lowest BCUT2D eigenvalue weighted by atomic mass is 10.1. The maximum Gasteiger partial charge on any atom is 0.00223 e. The quantitative estimate of drug-likeness (QED) is 0.669. The third-order valence-corrected chi connectivity index (χ3v) is 2.69. The molecule has 1 aliphatic rings. The Labute approximate surface area is 76.3 Å². The molecule has 0 aromatic carbocycles. The summed E-state index contributed by atoms with van der Waals surface area (Å²) in [7, 11) is 2.05. The standard InChI is InChI=1S/C10H22N2/c1-3-4-6-12-7-5-10(9-12)8-11-2/h10-11H,3-9H2,1-2H3. The minimum Gasteiger partial charge on any atom is -0.319 e. The summed E-state index contributed by atoms with van der Waals surface area (Å²) in [6.45, 7) is 7.42. The topological polar surface area (TPSA) is 15.3 Å². The molecular formula is C10H22N2. The van der Waals surface area contributed by atoms with Gasteiger partial charge in [-0.1, -0.05) is 13.3 Å². The summed E-state index contributed by atoms with van der Waals surface area (Å²) in [6.07, 6.45) is 4.09. The Morgan fingerprint density at radius 3 is 3.00 bits per heavy atom. The lowest BCUT2D eigenvalue weighted by Crippen LogP contribution is -2.25. The monoisotopic (exact) mass is 170 g/mol. The molecule has 72 valence electrons. The van der Waals surface area contributed by atoms with Crippen molar-refractivity contribution in [3.05, 3.63) is 0 Å². The first-order chi connectivity index (χ1) is 5.86. The fourth-order valence-electron chi connectivity index (χ4n) is 1.95. The Morgan fingerprint density at radius 1 is 1.50 bits per heavy atom. The Hall–Kier alpha value is -0.0800. The summed E-state index contributed by atoms with van der Waals surface area (Å²) in [5.41, 5.74) is 0. The molecule has 0 radical (unpaired) electrons. The number of rotatable bonds is 5. The van der Waals surface area contributed by atoms with Crippen molar-refractivity contribution in [3.8, 4) is 0 Å². The van der Waals surface area contributed by atoms with Crippen LogP contribution in [0.5, 0.6) is 0 Å². The highest BCUT2D eigenvalue weighted by molar-refractivity contribution is 4.76. The number of hydrogen-bond donors (Lipinski definition) is 1. The Bertz CT molecular complexity index is 114. The van der Waals surface area contributed by atoms with Gasteiger partial charge in [-0.05, 0) is 45.4 Å². The minimum atomic E-state index is 0.909. The summed E-state index contributed by atoms with van der Waals surface area (Å²) in [4.78, 5) is 2.60. The van der Waals surface area contributed by atoms with Crippen molar-refractivity contribution in [2.75, 3.05) is 33.2 Å². The first-order valence-corrected chi connectivity index (χ1v) is 5.23. The van der Waals surface area contributed by atoms with Crippen LogP contribution >= 0.6 is 0 Å². The largest absolute Gasteiger partial charge is 0.319 e. The third kappa shape index (κ3) is 3.11. The first kappa shape index (κ1) is 10.0. The summed E-state index contributed by atoms with van der Waals surface area (Å²) < 4.78 is 0. The van der Waals surface area contributed by atoms with Gasteiger partial charge in [0.2, 0.25) is 0 Å². The Morgan fingerprint density at radius 2 is 2.33 bits per heavy atom. The van der Waals surface area contributed by atoms with Gasteiger partial charge < -0.3 is 10.2 Å². The fourth-order valence-corrected chi connectivity index (χ4v) is 1.95. The number of unbranched alkanes of at least 4 members (excludes halogenated alkanes) is 1. The molecule has 2 heteroatoms. The summed E-state index contributed by atoms with van der Waals surface area (Å²) in [5, 5.41) is 3.26. The zero-order chi connectivity index (χ0) is 8.81. The molecule has 0 spiro atoms. The van der Waals surface area contributed by atoms with Crippen molar-refractivity contribution in [3.63, 3.8) is 0 Å². The molecule has 2 nitrogen and oxygen atoms in total. The molecule has 1 heterocycles. The zero-order valence-corrected chi connectivity index (χ0v) is 8.47. The van der Waals surface area contributed by atoms with Crippen LogP contribution in [-0.2, 0) is 0 Å². The van der Waals surface area contributed by atoms with Crippen LogP contribution in [0.25, 0.3) is 0 Å². The lowest BCUT2D eigenvalue weighted by molar-refractivity contribution is 0.317. The van der Waals surface area contributed by atoms with Crippen LogP contribution in [0.4, 0.5) is 0 Å². The van der Waals surface area contributed by atoms with E-state index < -0.39 is 0 Å². The Balaban J connectivity index is 2.08. The van der Waals surface area contributed by atoms with Crippen LogP contribution in [-0.4, -0.2) is 38.1 Å². The average Bonchev–Trinajstić information content (AvgIpc) is 2.50. The summed E-state index contributed by atoms with van der Waals surface area (Å²) in [5.74, 6) is 0.909. The van der Waals surface area contributed by atoms with E-state index in [0.717, 1.165) is 5.92 Å². The van der Waals surface area contributed by atoms with E-state index in [9.17, 15) is 0 Å². The zero-order valence-electron chi connectivity index (χ0n) is 8.47. The highest BCUT2D eigenvalue weighted by Gasteiger charge is 2.20. The van der Waals surface area contributed by atoms with Crippen LogP contribution < -0.4 is 5.32 Å². The van der Waals surface area contributed by atoms with E-state index in [1.54, 1.807) is 0 Å². The van der Waals surface area contributed by atoms with E-state index >= 15 is 0 Å². The predicted molar refractivity (Wildman–Crippen MR) is 53.4 cm³/mol. The minimum absolute atomic E-state index is 0.909. The molecule has 0 amide bonds. The highest BCUT2D eigenvalue weighted by atomic mass is 15.1. The first-order valence-electron chi connectivity index (χ1n) is 5.23. The van der Waals surface area contributed by atoms with Crippen LogP contribution in [0.2, 0.25) is 0 Å². The maximum atomic E-state index is 3.26. The average molecular weight is 170 g/mol. The van der Waals surface area contributed by atoms with Crippen molar-refractivity contribution in [1.29, 1.82) is 0 Å². The van der Waals surface area contributed by atoms with Crippen LogP contribution in [0.1, 0.15) is 26.2 Å². The van der Waals surface area contributed by atoms with Crippen molar-refractivity contribution in [1.82, 2.24) is 10.2 Å². The van der Waals surface area contributed by atoms with Crippen molar-refractivity contribution >= 4 is 0 Å². The van der Waals surface area contributed by atoms with E-state index in [2.05, 4.69) is 24.2 Å². The van der Waals surface area contributed by atoms with E-state index in [0.29, 0.717) is 0 Å². The van der Waals surface area contributed by atoms with Gasteiger partial charge in [-0.15, -0.1) is 0 Å². The van der Waals surface area contributed by atoms with Gasteiger partial charge in [-0.2, -0.15) is 0 Å². The van der Waals surface area contributed by atoms with Crippen molar-refractivity contribution < 1.29 is 0 Å². The number of likely N-dealkylation sites (tertiary alicyclic amines) is 1. The van der Waals surface area contributed by atoms with Gasteiger partial charge in [0.1, 0.15) is 0 Å². The fraction of sp³-hybridized carbons (Fsp3) is 1.00. The smallest absolute Gasteiger partial charge is 0.00223 e. The second-order valence-electron chi connectivity index (χ2n) is 3.87. The van der Waals surface area contributed by atoms with Crippen molar-refractivity contribution in [2.45, 2.75) is 26.2 Å². The molecule has 1 aliphatic heterocycles. The second-order valence-corrected chi connectivity index (χ2v) is 3.87. The molecular weight excluding hydrogens is 148 g/mol. The van der Waals surface area contributed by atoms with Gasteiger partial charge in [0.25, 0.3) is 0 Å². The van der Waals surface area contributed by atoms with Gasteiger partial charge in [-0.3, -0.25) is 0 Å². The SMILES string of the molecule is CCCCN1CCC(CNC)C1. The highest BCUT2D eigenvalue weighted by Crippen LogP contribution is 2.15. The maximum absolute atomic E-state index is 3.26. The lowest BCUT2D eigenvalue weighted by Gasteiger charge is -2.14. The molecule has 1 rings (SSSR count). The van der Waals surface area contributed by atoms with Crippen LogP contribution in [0.15, 0.2) is 0 Å². The second kappa shape index (κ2) is 5.55. The molecule has 1 fully saturated rings. The molecule has 0 saturated carbocycles. The third-order valence-electron chi connectivity index (χ3n) is 2.69. The van der Waals surface area contributed by atoms with Crippen LogP contribution in [0.3, 0.4) is 0 Å². The van der Waals surface area contributed by atoms with E-state index in [1.807, 2.05) is 0 Å². The van der Waals surface area contributed by atoms with Gasteiger partial charge in [0.15, 0.2) is 0 Å². The van der Waals surface area contributed by atoms with E-state index in [-0.39, 0.29) is 0 Å². The number of nitrogens with one attached hydrogen (secondary N) is 1. The summed E-state index contributed by atoms with van der Waals surface area (Å²) in [6, 6.07) is 0. The molecule has 0 bridgehead atoms. The molecule has 1 saturated heterocycles. The normalized spacial score (nSPS) is 25.0. The molecule has 0 aromatic heterocycles. The van der Waals surface area contributed by atoms with Gasteiger partial charge in [0, 0.05) is 6.54 Å². The molecule has 12 heavy (non-hydrogen) atoms. The molecule has 1 atom stereocenters. The molecule has 0 aliphatic carbocycles. The van der Waals surface area contributed by atoms with Crippen molar-refractivity contribution in [2.24, 2.45) is 5.92 Å². The van der Waals surface area contributed by atoms with Gasteiger partial charge in [0.05, 0.1) is 0 Å². The van der Waals surface area contributed by atoms with E-state index in [1.165, 1.54) is 45.4 Å². The van der Waals surface area contributed by atoms with E-state index in [4.69, 9.17) is 0 Å². The van der Waals surface area contributed by atoms with Gasteiger partial charge in [-0.25, -0.2) is 0 Å². The van der Waals surface area contributed by atoms with Gasteiger partial charge >= 0.3 is 0 Å². The molecule has 0 aromatic rings. The number of nitrogens with zero attached hydrogens (tertiary/aromatic N) is 1. The van der Waals surface area contributed by atoms with Crippen LogP contribution in [0, 0.1) is 5.92 Å². The summed E-state index contributed by atoms with van der Waals surface area (Å²) >= 11 is 0. The predicted octanol–water partition coefficient (Wildman–Crippen LogP) is 1.33. The molecule has 1 unspecified atom stereocenters. The number of hydrogen-bond acceptors (Lipinski definition) is 2. The Kier molecular flexibility index (Phi) is 4.62. The molecule has 1 N–H and O–H groups in total.